The number of nitrogens with one attached hydrogen (secondary N) is 1. The molecular formula is C37H39N3O5. The Bertz CT molecular complexity index is 1930. The van der Waals surface area contributed by atoms with E-state index in [0.717, 1.165) is 16.7 Å². The molecule has 0 saturated carbocycles. The average Bonchev–Trinajstić information content (AvgIpc) is 3.05. The molecule has 8 heteroatoms. The molecule has 0 radical (unpaired) electrons. The van der Waals surface area contributed by atoms with Crippen molar-refractivity contribution in [2.75, 3.05) is 20.8 Å². The van der Waals surface area contributed by atoms with E-state index in [2.05, 4.69) is 38.2 Å². The predicted octanol–water partition coefficient (Wildman–Crippen LogP) is 5.55. The number of nitrogens with zero attached hydrogens (tertiary/aromatic N) is 2. The summed E-state index contributed by atoms with van der Waals surface area (Å²) in [6, 6.07) is 28.1. The zero-order valence-electron chi connectivity index (χ0n) is 26.4. The zero-order valence-corrected chi connectivity index (χ0v) is 26.4. The molecule has 1 N–H and O–H groups in total. The minimum absolute atomic E-state index is 0.0252. The molecule has 232 valence electrons. The number of hydrogen-bond acceptors (Lipinski definition) is 5. The summed E-state index contributed by atoms with van der Waals surface area (Å²) < 4.78 is 13.6. The van der Waals surface area contributed by atoms with Crippen molar-refractivity contribution >= 4 is 16.8 Å². The molecule has 0 atom stereocenters. The molecule has 45 heavy (non-hydrogen) atoms. The van der Waals surface area contributed by atoms with Gasteiger partial charge in [0.1, 0.15) is 0 Å². The molecule has 5 rings (SSSR count). The molecule has 1 heterocycles. The second-order valence-corrected chi connectivity index (χ2v) is 12.1. The van der Waals surface area contributed by atoms with Gasteiger partial charge in [-0.3, -0.25) is 18.7 Å². The summed E-state index contributed by atoms with van der Waals surface area (Å²) in [5.74, 6) is 1.09. The fourth-order valence-electron chi connectivity index (χ4n) is 5.36. The molecule has 5 aromatic rings. The number of amides is 1. The summed E-state index contributed by atoms with van der Waals surface area (Å²) >= 11 is 0. The molecule has 0 aliphatic heterocycles. The van der Waals surface area contributed by atoms with Crippen molar-refractivity contribution in [3.8, 4) is 11.5 Å². The lowest BCUT2D eigenvalue weighted by molar-refractivity contribution is 0.0954. The van der Waals surface area contributed by atoms with Gasteiger partial charge in [-0.1, -0.05) is 75.4 Å². The minimum Gasteiger partial charge on any atom is -0.493 e. The molecule has 4 aromatic carbocycles. The molecule has 0 saturated heterocycles. The van der Waals surface area contributed by atoms with E-state index in [0.29, 0.717) is 47.5 Å². The zero-order chi connectivity index (χ0) is 32.1. The standard InChI is InChI=1S/C37H39N3O5/c1-37(2,3)29-17-12-27(13-18-29)23-39-31-9-7-6-8-30(31)35(42)40(36(39)43)24-26-10-15-28(16-11-26)34(41)38-21-20-25-14-19-32(44-4)33(22-25)45-5/h6-19,22H,20-21,23-24H2,1-5H3,(H,38,41). The molecule has 1 aromatic heterocycles. The SMILES string of the molecule is COc1ccc(CCNC(=O)c2ccc(Cn3c(=O)c4ccccc4n(Cc4ccc(C(C)(C)C)cc4)c3=O)cc2)cc1OC. The maximum atomic E-state index is 13.8. The Hall–Kier alpha value is -5.11. The minimum atomic E-state index is -0.379. The number of aromatic nitrogens is 2. The third-order valence-corrected chi connectivity index (χ3v) is 8.00. The van der Waals surface area contributed by atoms with Crippen molar-refractivity contribution < 1.29 is 14.3 Å². The van der Waals surface area contributed by atoms with Crippen LogP contribution in [0.3, 0.4) is 0 Å². The number of rotatable bonds is 10. The van der Waals surface area contributed by atoms with Gasteiger partial charge in [-0.25, -0.2) is 4.79 Å². The highest BCUT2D eigenvalue weighted by Gasteiger charge is 2.16. The molecule has 0 aliphatic rings. The van der Waals surface area contributed by atoms with E-state index in [1.54, 1.807) is 55.2 Å². The van der Waals surface area contributed by atoms with E-state index in [1.807, 2.05) is 42.5 Å². The van der Waals surface area contributed by atoms with Gasteiger partial charge in [0.15, 0.2) is 11.5 Å². The Morgan fingerprint density at radius 3 is 1.98 bits per heavy atom. The second-order valence-electron chi connectivity index (χ2n) is 12.1. The van der Waals surface area contributed by atoms with Crippen molar-refractivity contribution in [1.29, 1.82) is 0 Å². The van der Waals surface area contributed by atoms with E-state index in [-0.39, 0.29) is 29.1 Å². The van der Waals surface area contributed by atoms with E-state index >= 15 is 0 Å². The van der Waals surface area contributed by atoms with Crippen molar-refractivity contribution in [2.45, 2.75) is 45.7 Å². The number of carbonyl (C=O) groups is 1. The highest BCUT2D eigenvalue weighted by Crippen LogP contribution is 2.27. The lowest BCUT2D eigenvalue weighted by atomic mass is 9.87. The number of benzene rings is 4. The first kappa shape index (κ1) is 31.3. The van der Waals surface area contributed by atoms with Crippen molar-refractivity contribution in [1.82, 2.24) is 14.5 Å². The van der Waals surface area contributed by atoms with Crippen molar-refractivity contribution in [3.05, 3.63) is 140 Å². The first-order valence-electron chi connectivity index (χ1n) is 15.0. The quantitative estimate of drug-likeness (QED) is 0.226. The van der Waals surface area contributed by atoms with Crippen LogP contribution >= 0.6 is 0 Å². The highest BCUT2D eigenvalue weighted by atomic mass is 16.5. The smallest absolute Gasteiger partial charge is 0.332 e. The highest BCUT2D eigenvalue weighted by molar-refractivity contribution is 5.94. The Labute approximate surface area is 262 Å². The first-order chi connectivity index (χ1) is 21.6. The van der Waals surface area contributed by atoms with Crippen LogP contribution in [0.1, 0.15) is 53.4 Å². The van der Waals surface area contributed by atoms with Gasteiger partial charge in [-0.2, -0.15) is 0 Å². The van der Waals surface area contributed by atoms with Gasteiger partial charge in [0.2, 0.25) is 0 Å². The summed E-state index contributed by atoms with van der Waals surface area (Å²) in [7, 11) is 3.18. The van der Waals surface area contributed by atoms with Gasteiger partial charge in [0.05, 0.1) is 38.2 Å². The van der Waals surface area contributed by atoms with E-state index in [1.165, 1.54) is 10.1 Å². The number of hydrogen-bond donors (Lipinski definition) is 1. The molecular weight excluding hydrogens is 566 g/mol. The maximum Gasteiger partial charge on any atom is 0.332 e. The van der Waals surface area contributed by atoms with Crippen LogP contribution in [0.4, 0.5) is 0 Å². The Kier molecular flexibility index (Phi) is 9.23. The largest absolute Gasteiger partial charge is 0.493 e. The second kappa shape index (κ2) is 13.3. The Balaban J connectivity index is 1.32. The van der Waals surface area contributed by atoms with E-state index in [4.69, 9.17) is 9.47 Å². The summed E-state index contributed by atoms with van der Waals surface area (Å²) in [6.45, 7) is 7.37. The fraction of sp³-hybridized carbons (Fsp3) is 0.270. The van der Waals surface area contributed by atoms with Gasteiger partial charge in [-0.05, 0) is 70.5 Å². The average molecular weight is 606 g/mol. The summed E-state index contributed by atoms with van der Waals surface area (Å²) in [6.07, 6.45) is 0.627. The lowest BCUT2D eigenvalue weighted by Gasteiger charge is -2.19. The third-order valence-electron chi connectivity index (χ3n) is 8.00. The van der Waals surface area contributed by atoms with Crippen molar-refractivity contribution in [2.24, 2.45) is 0 Å². The summed E-state index contributed by atoms with van der Waals surface area (Å²) in [4.78, 5) is 40.1. The molecule has 0 fully saturated rings. The van der Waals surface area contributed by atoms with Gasteiger partial charge >= 0.3 is 5.69 Å². The molecule has 0 unspecified atom stereocenters. The van der Waals surface area contributed by atoms with Crippen LogP contribution in [0.5, 0.6) is 11.5 Å². The third kappa shape index (κ3) is 7.01. The number of para-hydroxylation sites is 1. The van der Waals surface area contributed by atoms with Crippen molar-refractivity contribution in [3.63, 3.8) is 0 Å². The Morgan fingerprint density at radius 2 is 1.33 bits per heavy atom. The summed E-state index contributed by atoms with van der Waals surface area (Å²) in [5.41, 5.74) is 4.34. The first-order valence-corrected chi connectivity index (χ1v) is 15.0. The van der Waals surface area contributed by atoms with Crippen LogP contribution < -0.4 is 26.0 Å². The van der Waals surface area contributed by atoms with Crippen LogP contribution in [0.25, 0.3) is 10.9 Å². The molecule has 0 aliphatic carbocycles. The van der Waals surface area contributed by atoms with Gasteiger partial charge in [0.25, 0.3) is 11.5 Å². The topological polar surface area (TPSA) is 91.6 Å². The number of carbonyl (C=O) groups excluding carboxylic acids is 1. The van der Waals surface area contributed by atoms with Crippen LogP contribution in [-0.2, 0) is 24.9 Å². The Morgan fingerprint density at radius 1 is 0.733 bits per heavy atom. The number of methoxy groups -OCH3 is 2. The van der Waals surface area contributed by atoms with Gasteiger partial charge in [-0.15, -0.1) is 0 Å². The predicted molar refractivity (Wildman–Crippen MR) is 178 cm³/mol. The monoisotopic (exact) mass is 605 g/mol. The number of ether oxygens (including phenoxy) is 2. The van der Waals surface area contributed by atoms with E-state index < -0.39 is 0 Å². The lowest BCUT2D eigenvalue weighted by Crippen LogP contribution is -2.40. The normalized spacial score (nSPS) is 11.4. The summed E-state index contributed by atoms with van der Waals surface area (Å²) in [5, 5.41) is 3.42. The van der Waals surface area contributed by atoms with E-state index in [9.17, 15) is 14.4 Å². The van der Waals surface area contributed by atoms with Gasteiger partial charge < -0.3 is 14.8 Å². The van der Waals surface area contributed by atoms with Gasteiger partial charge in [0, 0.05) is 12.1 Å². The van der Waals surface area contributed by atoms with Crippen LogP contribution in [0.15, 0.2) is 101 Å². The molecule has 1 amide bonds. The molecule has 0 spiro atoms. The van der Waals surface area contributed by atoms with Crippen LogP contribution in [0.2, 0.25) is 0 Å². The van der Waals surface area contributed by atoms with Crippen LogP contribution in [0, 0.1) is 0 Å². The maximum absolute atomic E-state index is 13.8. The number of fused-ring (bicyclic) bond motifs is 1. The molecule has 8 nitrogen and oxygen atoms in total. The molecule has 0 bridgehead atoms. The fourth-order valence-corrected chi connectivity index (χ4v) is 5.36. The van der Waals surface area contributed by atoms with Crippen LogP contribution in [-0.4, -0.2) is 35.8 Å².